The molecule has 0 amide bonds. The minimum Gasteiger partial charge on any atom is -0.0999 e. The topological polar surface area (TPSA) is 0 Å². The molecular weight excluding hydrogens is 444 g/mol. The van der Waals surface area contributed by atoms with Crippen LogP contribution in [0.4, 0.5) is 0 Å². The van der Waals surface area contributed by atoms with E-state index in [1.807, 2.05) is 0 Å². The first-order valence-electron chi connectivity index (χ1n) is 15.7. The Morgan fingerprint density at radius 2 is 1.08 bits per heavy atom. The van der Waals surface area contributed by atoms with E-state index in [1.54, 1.807) is 0 Å². The summed E-state index contributed by atoms with van der Waals surface area (Å²) in [5.74, 6) is 0.847. The fraction of sp³-hybridized carbons (Fsp3) is 0.676. The van der Waals surface area contributed by atoms with E-state index < -0.39 is 0 Å². The van der Waals surface area contributed by atoms with Crippen LogP contribution in [0.5, 0.6) is 0 Å². The molecule has 0 spiro atoms. The first kappa shape index (κ1) is 35.4. The Kier molecular flexibility index (Phi) is 23.7. The number of allylic oxidation sites excluding steroid dienone is 10. The van der Waals surface area contributed by atoms with Gasteiger partial charge in [0.25, 0.3) is 0 Å². The molecule has 0 fully saturated rings. The predicted molar refractivity (Wildman–Crippen MR) is 172 cm³/mol. The lowest BCUT2D eigenvalue weighted by molar-refractivity contribution is 0.403. The molecule has 0 radical (unpaired) electrons. The van der Waals surface area contributed by atoms with E-state index in [2.05, 4.69) is 96.4 Å². The number of unbranched alkanes of at least 4 members (excludes halogenated alkanes) is 5. The molecule has 0 saturated heterocycles. The van der Waals surface area contributed by atoms with E-state index >= 15 is 0 Å². The van der Waals surface area contributed by atoms with E-state index in [0.29, 0.717) is 5.41 Å². The van der Waals surface area contributed by atoms with Gasteiger partial charge in [-0.15, -0.1) is 0 Å². The smallest absolute Gasteiger partial charge is 0.0169 e. The Bertz CT molecular complexity index is 661. The highest BCUT2D eigenvalue weighted by Gasteiger charge is 2.11. The molecule has 37 heavy (non-hydrogen) atoms. The average molecular weight is 509 g/mol. The first-order valence-corrected chi connectivity index (χ1v) is 15.7. The number of rotatable bonds is 24. The fourth-order valence-corrected chi connectivity index (χ4v) is 4.71. The van der Waals surface area contributed by atoms with E-state index in [4.69, 9.17) is 0 Å². The molecular formula is C37H64. The monoisotopic (exact) mass is 509 g/mol. The highest BCUT2D eigenvalue weighted by atomic mass is 14.2. The zero-order valence-corrected chi connectivity index (χ0v) is 25.8. The van der Waals surface area contributed by atoms with Crippen molar-refractivity contribution in [3.8, 4) is 0 Å². The van der Waals surface area contributed by atoms with Crippen LogP contribution in [0.15, 0.2) is 72.9 Å². The van der Waals surface area contributed by atoms with E-state index in [-0.39, 0.29) is 0 Å². The summed E-state index contributed by atoms with van der Waals surface area (Å²) in [7, 11) is 0. The molecule has 0 saturated carbocycles. The maximum absolute atomic E-state index is 4.32. The first-order chi connectivity index (χ1) is 17.7. The van der Waals surface area contributed by atoms with Crippen molar-refractivity contribution in [1.82, 2.24) is 0 Å². The van der Waals surface area contributed by atoms with Gasteiger partial charge in [-0.1, -0.05) is 140 Å². The molecule has 0 heterocycles. The minimum absolute atomic E-state index is 0.362. The highest BCUT2D eigenvalue weighted by Crippen LogP contribution is 2.26. The third-order valence-electron chi connectivity index (χ3n) is 6.84. The van der Waals surface area contributed by atoms with Crippen LogP contribution in [0, 0.1) is 11.3 Å². The number of hydrogen-bond acceptors (Lipinski definition) is 0. The van der Waals surface area contributed by atoms with E-state index in [1.165, 1.54) is 94.6 Å². The van der Waals surface area contributed by atoms with Gasteiger partial charge < -0.3 is 0 Å². The molecule has 0 aromatic carbocycles. The molecule has 0 heteroatoms. The van der Waals surface area contributed by atoms with Crippen molar-refractivity contribution < 1.29 is 0 Å². The third kappa shape index (κ3) is 28.9. The van der Waals surface area contributed by atoms with Crippen LogP contribution in [-0.2, 0) is 0 Å². The summed E-state index contributed by atoms with van der Waals surface area (Å²) in [5.41, 5.74) is 3.21. The summed E-state index contributed by atoms with van der Waals surface area (Å²) in [6, 6.07) is 0. The lowest BCUT2D eigenvalue weighted by atomic mass is 9.86. The van der Waals surface area contributed by atoms with Crippen molar-refractivity contribution in [3.63, 3.8) is 0 Å². The quantitative estimate of drug-likeness (QED) is 0.0898. The van der Waals surface area contributed by atoms with Crippen molar-refractivity contribution in [3.05, 3.63) is 72.9 Å². The third-order valence-corrected chi connectivity index (χ3v) is 6.84. The molecule has 0 nitrogen and oxygen atoms in total. The van der Waals surface area contributed by atoms with E-state index in [9.17, 15) is 0 Å². The Balaban J connectivity index is 3.59. The van der Waals surface area contributed by atoms with Crippen molar-refractivity contribution in [1.29, 1.82) is 0 Å². The maximum Gasteiger partial charge on any atom is -0.0169 e. The summed E-state index contributed by atoms with van der Waals surface area (Å²) >= 11 is 0. The molecule has 0 aromatic rings. The summed E-state index contributed by atoms with van der Waals surface area (Å²) < 4.78 is 0. The molecule has 0 aliphatic rings. The molecule has 0 rings (SSSR count). The molecule has 212 valence electrons. The zero-order chi connectivity index (χ0) is 27.6. The predicted octanol–water partition coefficient (Wildman–Crippen LogP) is 13.0. The van der Waals surface area contributed by atoms with Crippen molar-refractivity contribution >= 4 is 0 Å². The van der Waals surface area contributed by atoms with Crippen LogP contribution in [0.2, 0.25) is 0 Å². The second-order valence-electron chi connectivity index (χ2n) is 12.5. The lowest BCUT2D eigenvalue weighted by Crippen LogP contribution is -2.05. The van der Waals surface area contributed by atoms with Gasteiger partial charge >= 0.3 is 0 Å². The summed E-state index contributed by atoms with van der Waals surface area (Å²) in [6.45, 7) is 20.2. The number of hydrogen-bond donors (Lipinski definition) is 0. The van der Waals surface area contributed by atoms with Gasteiger partial charge in [0, 0.05) is 0 Å². The highest BCUT2D eigenvalue weighted by molar-refractivity contribution is 5.01. The van der Waals surface area contributed by atoms with E-state index in [0.717, 1.165) is 38.0 Å². The van der Waals surface area contributed by atoms with Gasteiger partial charge in [-0.3, -0.25) is 0 Å². The van der Waals surface area contributed by atoms with Gasteiger partial charge in [-0.25, -0.2) is 0 Å². The molecule has 0 aliphatic heterocycles. The standard InChI is InChI=1S/C37H64/c1-8-9-10-11-12-13-14-15-16-17-18-19-20-21-22-23-24-28-34(2)29-25-26-30-35(3)31-27-32-36(4)33-37(5,6)7/h12-13,15-16,18-19,21-22,34H,3-4,8-11,14,17,20,23-33H2,1-2,5-7H3/b13-12-,16-15-,19-18-,22-21-. The van der Waals surface area contributed by atoms with Gasteiger partial charge in [-0.05, 0) is 94.8 Å². The van der Waals surface area contributed by atoms with Crippen molar-refractivity contribution in [2.75, 3.05) is 0 Å². The van der Waals surface area contributed by atoms with Crippen LogP contribution in [0.1, 0.15) is 150 Å². The van der Waals surface area contributed by atoms with Crippen LogP contribution in [0.25, 0.3) is 0 Å². The SMILES string of the molecule is C=C(CCCCC(C)CCC/C=C\C/C=C\C/C=C\C/C=C\CCCCC)CCCC(=C)CC(C)(C)C. The Labute approximate surface area is 234 Å². The normalized spacial score (nSPS) is 13.5. The molecule has 1 unspecified atom stereocenters. The molecule has 0 aromatic heterocycles. The maximum atomic E-state index is 4.32. The Morgan fingerprint density at radius 3 is 1.65 bits per heavy atom. The second-order valence-corrected chi connectivity index (χ2v) is 12.5. The summed E-state index contributed by atoms with van der Waals surface area (Å²) in [5, 5.41) is 0. The largest absolute Gasteiger partial charge is 0.0999 e. The molecule has 0 N–H and O–H groups in total. The molecule has 0 bridgehead atoms. The van der Waals surface area contributed by atoms with Crippen LogP contribution in [-0.4, -0.2) is 0 Å². The van der Waals surface area contributed by atoms with Crippen LogP contribution < -0.4 is 0 Å². The van der Waals surface area contributed by atoms with Gasteiger partial charge in [0.1, 0.15) is 0 Å². The second kappa shape index (κ2) is 24.8. The molecule has 1 atom stereocenters. The van der Waals surface area contributed by atoms with Crippen molar-refractivity contribution in [2.24, 2.45) is 11.3 Å². The zero-order valence-electron chi connectivity index (χ0n) is 25.8. The summed E-state index contributed by atoms with van der Waals surface area (Å²) in [4.78, 5) is 0. The Hall–Kier alpha value is -1.56. The van der Waals surface area contributed by atoms with Gasteiger partial charge in [0.05, 0.1) is 0 Å². The lowest BCUT2D eigenvalue weighted by Gasteiger charge is -2.19. The van der Waals surface area contributed by atoms with Crippen LogP contribution >= 0.6 is 0 Å². The fourth-order valence-electron chi connectivity index (χ4n) is 4.71. The van der Waals surface area contributed by atoms with Crippen LogP contribution in [0.3, 0.4) is 0 Å². The van der Waals surface area contributed by atoms with Gasteiger partial charge in [0.2, 0.25) is 0 Å². The Morgan fingerprint density at radius 1 is 0.595 bits per heavy atom. The van der Waals surface area contributed by atoms with Gasteiger partial charge in [0.15, 0.2) is 0 Å². The summed E-state index contributed by atoms with van der Waals surface area (Å²) in [6.07, 6.45) is 40.7. The molecule has 0 aliphatic carbocycles. The van der Waals surface area contributed by atoms with Crippen molar-refractivity contribution in [2.45, 2.75) is 150 Å². The van der Waals surface area contributed by atoms with Gasteiger partial charge in [-0.2, -0.15) is 0 Å². The average Bonchev–Trinajstić information content (AvgIpc) is 2.82. The minimum atomic E-state index is 0.362.